The highest BCUT2D eigenvalue weighted by Crippen LogP contribution is 2.21. The van der Waals surface area contributed by atoms with Crippen LogP contribution in [0, 0.1) is 13.8 Å². The zero-order valence-electron chi connectivity index (χ0n) is 15.3. The molecule has 0 saturated heterocycles. The Morgan fingerprint density at radius 1 is 1.33 bits per heavy atom. The van der Waals surface area contributed by atoms with Gasteiger partial charge in [0, 0.05) is 17.8 Å². The Morgan fingerprint density at radius 3 is 2.59 bits per heavy atom. The second-order valence-electron chi connectivity index (χ2n) is 5.98. The first-order valence-electron chi connectivity index (χ1n) is 8.24. The summed E-state index contributed by atoms with van der Waals surface area (Å²) >= 11 is 0. The molecular formula is C18H21F2N3O4. The summed E-state index contributed by atoms with van der Waals surface area (Å²) in [5.74, 6) is -0.937. The Labute approximate surface area is 154 Å². The van der Waals surface area contributed by atoms with Crippen LogP contribution in [-0.2, 0) is 17.6 Å². The van der Waals surface area contributed by atoms with Crippen molar-refractivity contribution < 1.29 is 28.2 Å². The highest BCUT2D eigenvalue weighted by Gasteiger charge is 2.19. The number of nitrogens with one attached hydrogen (secondary N) is 1. The van der Waals surface area contributed by atoms with Gasteiger partial charge in [-0.25, -0.2) is 9.48 Å². The number of alkyl halides is 2. The molecule has 0 radical (unpaired) electrons. The molecule has 0 spiro atoms. The van der Waals surface area contributed by atoms with Crippen LogP contribution in [0.15, 0.2) is 18.2 Å². The van der Waals surface area contributed by atoms with Gasteiger partial charge < -0.3 is 15.2 Å². The Balaban J connectivity index is 1.96. The molecule has 1 aromatic carbocycles. The second-order valence-corrected chi connectivity index (χ2v) is 5.98. The van der Waals surface area contributed by atoms with Crippen LogP contribution in [0.3, 0.4) is 0 Å². The standard InChI is InChI=1S/C18H21F2N3O4/c1-10-14(11(2)23(22-10)18(19)20)9-16(24)21-7-6-12-4-5-13(17(25)26)8-15(12)27-3/h4-5,8,18H,6-7,9H2,1-3H3,(H,21,24)(H,25,26). The minimum absolute atomic E-state index is 0.0422. The largest absolute Gasteiger partial charge is 0.496 e. The number of rotatable bonds is 8. The third kappa shape index (κ3) is 4.81. The maximum absolute atomic E-state index is 12.9. The predicted molar refractivity (Wildman–Crippen MR) is 93.3 cm³/mol. The van der Waals surface area contributed by atoms with Gasteiger partial charge in [0.2, 0.25) is 5.91 Å². The van der Waals surface area contributed by atoms with E-state index in [1.54, 1.807) is 13.0 Å². The molecule has 1 aromatic heterocycles. The summed E-state index contributed by atoms with van der Waals surface area (Å²) in [5, 5.41) is 15.5. The van der Waals surface area contributed by atoms with Crippen LogP contribution in [0.25, 0.3) is 0 Å². The lowest BCUT2D eigenvalue weighted by atomic mass is 10.1. The molecule has 9 heteroatoms. The van der Waals surface area contributed by atoms with Gasteiger partial charge in [-0.15, -0.1) is 0 Å². The van der Waals surface area contributed by atoms with Gasteiger partial charge in [-0.2, -0.15) is 13.9 Å². The molecule has 0 aliphatic rings. The molecule has 2 rings (SSSR count). The molecule has 7 nitrogen and oxygen atoms in total. The van der Waals surface area contributed by atoms with Crippen molar-refractivity contribution in [2.75, 3.05) is 13.7 Å². The average molecular weight is 381 g/mol. The molecule has 0 saturated carbocycles. The van der Waals surface area contributed by atoms with Crippen LogP contribution in [0.1, 0.15) is 39.4 Å². The summed E-state index contributed by atoms with van der Waals surface area (Å²) in [6.07, 6.45) is 0.391. The van der Waals surface area contributed by atoms with E-state index in [1.807, 2.05) is 0 Å². The Morgan fingerprint density at radius 2 is 2.04 bits per heavy atom. The third-order valence-electron chi connectivity index (χ3n) is 4.25. The lowest BCUT2D eigenvalue weighted by molar-refractivity contribution is -0.120. The van der Waals surface area contributed by atoms with Gasteiger partial charge in [0.1, 0.15) is 5.75 Å². The van der Waals surface area contributed by atoms with E-state index in [9.17, 15) is 18.4 Å². The zero-order chi connectivity index (χ0) is 20.1. The van der Waals surface area contributed by atoms with Gasteiger partial charge in [-0.05, 0) is 38.0 Å². The smallest absolute Gasteiger partial charge is 0.335 e. The number of ether oxygens (including phenoxy) is 1. The third-order valence-corrected chi connectivity index (χ3v) is 4.25. The van der Waals surface area contributed by atoms with E-state index in [4.69, 9.17) is 9.84 Å². The minimum Gasteiger partial charge on any atom is -0.496 e. The highest BCUT2D eigenvalue weighted by atomic mass is 19.3. The fraction of sp³-hybridized carbons (Fsp3) is 0.389. The predicted octanol–water partition coefficient (Wildman–Crippen LogP) is 2.50. The number of carboxylic acid groups (broad SMARTS) is 1. The van der Waals surface area contributed by atoms with E-state index in [1.165, 1.54) is 26.2 Å². The van der Waals surface area contributed by atoms with Crippen LogP contribution in [0.2, 0.25) is 0 Å². The molecule has 27 heavy (non-hydrogen) atoms. The summed E-state index contributed by atoms with van der Waals surface area (Å²) in [5.41, 5.74) is 2.01. The van der Waals surface area contributed by atoms with E-state index < -0.39 is 12.5 Å². The number of carboxylic acids is 1. The van der Waals surface area contributed by atoms with E-state index in [0.717, 1.165) is 5.56 Å². The Kier molecular flexibility index (Phi) is 6.49. The van der Waals surface area contributed by atoms with Gasteiger partial charge in [-0.3, -0.25) is 4.79 Å². The van der Waals surface area contributed by atoms with E-state index >= 15 is 0 Å². The van der Waals surface area contributed by atoms with Gasteiger partial charge >= 0.3 is 12.5 Å². The summed E-state index contributed by atoms with van der Waals surface area (Å²) in [4.78, 5) is 23.1. The van der Waals surface area contributed by atoms with Crippen LogP contribution in [0.5, 0.6) is 5.75 Å². The number of aromatic carboxylic acids is 1. The van der Waals surface area contributed by atoms with Crippen molar-refractivity contribution in [3.8, 4) is 5.75 Å². The molecular weight excluding hydrogens is 360 g/mol. The van der Waals surface area contributed by atoms with E-state index in [2.05, 4.69) is 10.4 Å². The summed E-state index contributed by atoms with van der Waals surface area (Å²) in [6.45, 7) is 0.636. The molecule has 1 amide bonds. The normalized spacial score (nSPS) is 10.9. The first-order valence-corrected chi connectivity index (χ1v) is 8.24. The number of carbonyl (C=O) groups is 2. The van der Waals surface area contributed by atoms with Gasteiger partial charge in [0.25, 0.3) is 0 Å². The lowest BCUT2D eigenvalue weighted by Crippen LogP contribution is -2.27. The topological polar surface area (TPSA) is 93.4 Å². The number of aryl methyl sites for hydroxylation is 1. The number of aromatic nitrogens is 2. The van der Waals surface area contributed by atoms with Crippen LogP contribution in [-0.4, -0.2) is 40.4 Å². The molecule has 1 heterocycles. The van der Waals surface area contributed by atoms with Crippen LogP contribution < -0.4 is 10.1 Å². The number of hydrogen-bond acceptors (Lipinski definition) is 4. The fourth-order valence-electron chi connectivity index (χ4n) is 2.79. The summed E-state index contributed by atoms with van der Waals surface area (Å²) in [6, 6.07) is 4.52. The number of amides is 1. The zero-order valence-corrected chi connectivity index (χ0v) is 15.3. The quantitative estimate of drug-likeness (QED) is 0.733. The molecule has 2 N–H and O–H groups in total. The summed E-state index contributed by atoms with van der Waals surface area (Å²) < 4.78 is 31.5. The molecule has 146 valence electrons. The number of hydrogen-bond donors (Lipinski definition) is 2. The van der Waals surface area contributed by atoms with Crippen molar-refractivity contribution in [3.63, 3.8) is 0 Å². The van der Waals surface area contributed by atoms with Gasteiger partial charge in [0.15, 0.2) is 0 Å². The fourth-order valence-corrected chi connectivity index (χ4v) is 2.79. The molecule has 0 atom stereocenters. The van der Waals surface area contributed by atoms with Crippen molar-refractivity contribution in [2.24, 2.45) is 0 Å². The van der Waals surface area contributed by atoms with Gasteiger partial charge in [0.05, 0.1) is 24.8 Å². The maximum Gasteiger partial charge on any atom is 0.335 e. The molecule has 0 unspecified atom stereocenters. The van der Waals surface area contributed by atoms with Crippen LogP contribution in [0.4, 0.5) is 8.78 Å². The molecule has 0 aliphatic carbocycles. The average Bonchev–Trinajstić information content (AvgIpc) is 2.90. The Bertz CT molecular complexity index is 849. The maximum atomic E-state index is 12.9. The van der Waals surface area contributed by atoms with E-state index in [0.29, 0.717) is 34.7 Å². The molecule has 0 fully saturated rings. The van der Waals surface area contributed by atoms with Crippen molar-refractivity contribution in [1.29, 1.82) is 0 Å². The molecule has 0 bridgehead atoms. The van der Waals surface area contributed by atoms with E-state index in [-0.39, 0.29) is 23.6 Å². The van der Waals surface area contributed by atoms with Crippen molar-refractivity contribution in [3.05, 3.63) is 46.3 Å². The number of halogens is 2. The van der Waals surface area contributed by atoms with Crippen molar-refractivity contribution in [1.82, 2.24) is 15.1 Å². The molecule has 2 aromatic rings. The van der Waals surface area contributed by atoms with Gasteiger partial charge in [-0.1, -0.05) is 6.07 Å². The number of nitrogens with zero attached hydrogens (tertiary/aromatic N) is 2. The van der Waals surface area contributed by atoms with Crippen molar-refractivity contribution >= 4 is 11.9 Å². The Hall–Kier alpha value is -2.97. The lowest BCUT2D eigenvalue weighted by Gasteiger charge is -2.10. The first kappa shape index (κ1) is 20.3. The van der Waals surface area contributed by atoms with Crippen molar-refractivity contribution in [2.45, 2.75) is 33.2 Å². The number of methoxy groups -OCH3 is 1. The first-order chi connectivity index (χ1) is 12.7. The highest BCUT2D eigenvalue weighted by molar-refractivity contribution is 5.88. The SMILES string of the molecule is COc1cc(C(=O)O)ccc1CCNC(=O)Cc1c(C)nn(C(F)F)c1C. The minimum atomic E-state index is -2.75. The van der Waals surface area contributed by atoms with Crippen LogP contribution >= 0.6 is 0 Å². The second kappa shape index (κ2) is 8.61. The summed E-state index contributed by atoms with van der Waals surface area (Å²) in [7, 11) is 1.44. The monoisotopic (exact) mass is 381 g/mol. The number of benzene rings is 1. The molecule has 0 aliphatic heterocycles. The number of carbonyl (C=O) groups excluding carboxylic acids is 1.